The van der Waals surface area contributed by atoms with Gasteiger partial charge in [-0.2, -0.15) is 0 Å². The van der Waals surface area contributed by atoms with Crippen molar-refractivity contribution in [1.82, 2.24) is 5.32 Å². The van der Waals surface area contributed by atoms with Crippen LogP contribution in [0.1, 0.15) is 13.8 Å². The highest BCUT2D eigenvalue weighted by molar-refractivity contribution is 7.37. The Hall–Kier alpha value is -0.0300. The molecule has 0 rings (SSSR count). The van der Waals surface area contributed by atoms with Gasteiger partial charge in [0.25, 0.3) is 0 Å². The van der Waals surface area contributed by atoms with E-state index in [0.717, 1.165) is 8.58 Å². The van der Waals surface area contributed by atoms with E-state index in [1.54, 1.807) is 0 Å². The van der Waals surface area contributed by atoms with Gasteiger partial charge in [-0.05, 0) is 26.7 Å². The average molecular weight is 131 g/mol. The van der Waals surface area contributed by atoms with E-state index < -0.39 is 0 Å². The number of hydrogen-bond acceptors (Lipinski definition) is 1. The molecular formula is C6H14NP. The van der Waals surface area contributed by atoms with Crippen molar-refractivity contribution in [2.24, 2.45) is 0 Å². The van der Waals surface area contributed by atoms with Gasteiger partial charge >= 0.3 is 0 Å². The molecule has 48 valence electrons. The van der Waals surface area contributed by atoms with Crippen molar-refractivity contribution in [3.05, 3.63) is 12.3 Å². The molecule has 2 atom stereocenters. The van der Waals surface area contributed by atoms with E-state index >= 15 is 0 Å². The Labute approximate surface area is 53.3 Å². The first-order valence-electron chi connectivity index (χ1n) is 2.85. The quantitative estimate of drug-likeness (QED) is 0.575. The van der Waals surface area contributed by atoms with E-state index in [2.05, 4.69) is 18.9 Å². The van der Waals surface area contributed by atoms with Crippen molar-refractivity contribution in [3.8, 4) is 0 Å². The lowest BCUT2D eigenvalue weighted by Crippen LogP contribution is -2.13. The van der Waals surface area contributed by atoms with Crippen molar-refractivity contribution in [3.63, 3.8) is 0 Å². The van der Waals surface area contributed by atoms with Crippen molar-refractivity contribution < 1.29 is 0 Å². The second kappa shape index (κ2) is 5.11. The first kappa shape index (κ1) is 7.97. The highest BCUT2D eigenvalue weighted by atomic mass is 31.1. The van der Waals surface area contributed by atoms with Crippen molar-refractivity contribution >= 4 is 8.58 Å². The van der Waals surface area contributed by atoms with Gasteiger partial charge < -0.3 is 5.32 Å². The molecular weight excluding hydrogens is 117 g/mol. The molecule has 0 saturated carbocycles. The number of nitrogens with one attached hydrogen (secondary N) is 1. The largest absolute Gasteiger partial charge is 0.385 e. The lowest BCUT2D eigenvalue weighted by molar-refractivity contribution is 0.850. The normalized spacial score (nSPS) is 15.9. The maximum atomic E-state index is 3.21. The molecule has 8 heavy (non-hydrogen) atoms. The Morgan fingerprint density at radius 1 is 1.62 bits per heavy atom. The molecule has 0 fully saturated rings. The van der Waals surface area contributed by atoms with Gasteiger partial charge in [0, 0.05) is 5.78 Å². The molecule has 0 heterocycles. The molecule has 0 bridgehead atoms. The third-order valence-corrected chi connectivity index (χ3v) is 1.98. The molecule has 0 amide bonds. The van der Waals surface area contributed by atoms with E-state index in [1.165, 1.54) is 0 Å². The Kier molecular flexibility index (Phi) is 5.09. The predicted molar refractivity (Wildman–Crippen MR) is 41.7 cm³/mol. The van der Waals surface area contributed by atoms with Crippen LogP contribution in [0.15, 0.2) is 12.3 Å². The fraction of sp³-hybridized carbons (Fsp3) is 0.667. The molecule has 0 radical (unpaired) electrons. The number of allylic oxidation sites excluding steroid dienone is 1. The lowest BCUT2D eigenvalue weighted by atomic mass is 10.6. The minimum absolute atomic E-state index is 0.645. The van der Waals surface area contributed by atoms with Gasteiger partial charge in [0.1, 0.15) is 0 Å². The maximum absolute atomic E-state index is 3.21. The summed E-state index contributed by atoms with van der Waals surface area (Å²) in [6, 6.07) is 0. The first-order valence-corrected chi connectivity index (χ1v) is 4.43. The topological polar surface area (TPSA) is 12.0 Å². The molecule has 0 aromatic rings. The molecule has 1 nitrogen and oxygen atoms in total. The Balaban J connectivity index is 3.10. The summed E-state index contributed by atoms with van der Waals surface area (Å²) in [6.07, 6.45) is 4.00. The summed E-state index contributed by atoms with van der Waals surface area (Å²) in [4.78, 5) is 0. The zero-order valence-corrected chi connectivity index (χ0v) is 6.73. The van der Waals surface area contributed by atoms with E-state index in [0.29, 0.717) is 5.78 Å². The molecule has 0 aliphatic heterocycles. The highest BCUT2D eigenvalue weighted by Gasteiger charge is 1.88. The van der Waals surface area contributed by atoms with Crippen LogP contribution < -0.4 is 5.32 Å². The van der Waals surface area contributed by atoms with Gasteiger partial charge in [0.05, 0.1) is 0 Å². The standard InChI is InChI=1S/C6H14NP/c1-4-5-7-6(2)8-3/h4-8H,1-3H3/b5-4-. The minimum atomic E-state index is 0.645. The average Bonchev–Trinajstić information content (AvgIpc) is 1.83. The van der Waals surface area contributed by atoms with Crippen LogP contribution in [0.3, 0.4) is 0 Å². The first-order chi connectivity index (χ1) is 3.81. The zero-order chi connectivity index (χ0) is 6.41. The molecule has 0 spiro atoms. The van der Waals surface area contributed by atoms with Crippen molar-refractivity contribution in [2.75, 3.05) is 6.66 Å². The Morgan fingerprint density at radius 2 is 2.25 bits per heavy atom. The fourth-order valence-electron chi connectivity index (χ4n) is 0.324. The summed E-state index contributed by atoms with van der Waals surface area (Å²) in [5.74, 6) is 0.645. The molecule has 0 aromatic heterocycles. The van der Waals surface area contributed by atoms with Crippen molar-refractivity contribution in [1.29, 1.82) is 0 Å². The number of hydrogen-bond donors (Lipinski definition) is 1. The van der Waals surface area contributed by atoms with Gasteiger partial charge in [-0.25, -0.2) is 0 Å². The van der Waals surface area contributed by atoms with Crippen LogP contribution in [0.4, 0.5) is 0 Å². The fourth-order valence-corrected chi connectivity index (χ4v) is 0.587. The molecule has 1 N–H and O–H groups in total. The molecule has 0 saturated heterocycles. The van der Waals surface area contributed by atoms with E-state index in [9.17, 15) is 0 Å². The van der Waals surface area contributed by atoms with Crippen molar-refractivity contribution in [2.45, 2.75) is 19.6 Å². The second-order valence-corrected chi connectivity index (χ2v) is 3.12. The second-order valence-electron chi connectivity index (χ2n) is 1.68. The third kappa shape index (κ3) is 4.14. The third-order valence-electron chi connectivity index (χ3n) is 0.946. The molecule has 0 aliphatic carbocycles. The van der Waals surface area contributed by atoms with E-state index in [4.69, 9.17) is 0 Å². The van der Waals surface area contributed by atoms with Gasteiger partial charge in [-0.1, -0.05) is 6.08 Å². The predicted octanol–water partition coefficient (Wildman–Crippen LogP) is 1.76. The zero-order valence-electron chi connectivity index (χ0n) is 5.73. The van der Waals surface area contributed by atoms with Crippen LogP contribution in [-0.4, -0.2) is 12.4 Å². The van der Waals surface area contributed by atoms with Crippen LogP contribution in [0.25, 0.3) is 0 Å². The Morgan fingerprint density at radius 3 is 2.62 bits per heavy atom. The molecule has 2 heteroatoms. The summed E-state index contributed by atoms with van der Waals surface area (Å²) >= 11 is 0. The van der Waals surface area contributed by atoms with E-state index in [-0.39, 0.29) is 0 Å². The van der Waals surface area contributed by atoms with Crippen LogP contribution in [0, 0.1) is 0 Å². The van der Waals surface area contributed by atoms with E-state index in [1.807, 2.05) is 19.2 Å². The van der Waals surface area contributed by atoms with Crippen LogP contribution in [-0.2, 0) is 0 Å². The summed E-state index contributed by atoms with van der Waals surface area (Å²) in [5, 5.41) is 3.21. The van der Waals surface area contributed by atoms with Gasteiger partial charge in [-0.15, -0.1) is 8.58 Å². The van der Waals surface area contributed by atoms with Gasteiger partial charge in [0.15, 0.2) is 0 Å². The molecule has 0 aromatic carbocycles. The summed E-state index contributed by atoms with van der Waals surface area (Å²) < 4.78 is 0. The lowest BCUT2D eigenvalue weighted by Gasteiger charge is -2.06. The van der Waals surface area contributed by atoms with Crippen LogP contribution in [0.5, 0.6) is 0 Å². The van der Waals surface area contributed by atoms with Gasteiger partial charge in [-0.3, -0.25) is 0 Å². The van der Waals surface area contributed by atoms with Gasteiger partial charge in [0.2, 0.25) is 0 Å². The Bertz CT molecular complexity index is 70.9. The summed E-state index contributed by atoms with van der Waals surface area (Å²) in [5.41, 5.74) is 0. The SMILES string of the molecule is C/C=C\NC(C)PC. The molecule has 0 aliphatic rings. The van der Waals surface area contributed by atoms with Crippen LogP contribution >= 0.6 is 8.58 Å². The highest BCUT2D eigenvalue weighted by Crippen LogP contribution is 2.08. The summed E-state index contributed by atoms with van der Waals surface area (Å²) in [6.45, 7) is 6.39. The monoisotopic (exact) mass is 131 g/mol. The van der Waals surface area contributed by atoms with Crippen LogP contribution in [0.2, 0.25) is 0 Å². The molecule has 2 unspecified atom stereocenters. The maximum Gasteiger partial charge on any atom is 0.0394 e. The summed E-state index contributed by atoms with van der Waals surface area (Å²) in [7, 11) is 0.979. The smallest absolute Gasteiger partial charge is 0.0394 e. The number of rotatable bonds is 3. The minimum Gasteiger partial charge on any atom is -0.385 e.